The van der Waals surface area contributed by atoms with Crippen molar-refractivity contribution in [2.75, 3.05) is 19.0 Å². The van der Waals surface area contributed by atoms with Crippen LogP contribution in [0, 0.1) is 12.8 Å². The molecular formula is C15H20N4O. The quantitative estimate of drug-likeness (QED) is 0.877. The van der Waals surface area contributed by atoms with Gasteiger partial charge in [0, 0.05) is 19.5 Å². The Morgan fingerprint density at radius 1 is 1.40 bits per heavy atom. The Labute approximate surface area is 119 Å². The SMILES string of the molecule is COCC(Nc1ccc(-n2ccnc2C)nc1)C1CC1. The minimum absolute atomic E-state index is 0.391. The van der Waals surface area contributed by atoms with Crippen LogP contribution in [0.15, 0.2) is 30.7 Å². The van der Waals surface area contributed by atoms with Crippen molar-refractivity contribution in [2.24, 2.45) is 5.92 Å². The fourth-order valence-corrected chi connectivity index (χ4v) is 2.42. The third kappa shape index (κ3) is 2.82. The topological polar surface area (TPSA) is 52.0 Å². The van der Waals surface area contributed by atoms with E-state index < -0.39 is 0 Å². The molecule has 1 saturated carbocycles. The van der Waals surface area contributed by atoms with Crippen molar-refractivity contribution in [3.63, 3.8) is 0 Å². The molecule has 2 heterocycles. The Bertz CT molecular complexity index is 560. The summed E-state index contributed by atoms with van der Waals surface area (Å²) in [6.45, 7) is 2.71. The van der Waals surface area contributed by atoms with Crippen molar-refractivity contribution in [1.29, 1.82) is 0 Å². The van der Waals surface area contributed by atoms with Crippen molar-refractivity contribution in [3.05, 3.63) is 36.5 Å². The van der Waals surface area contributed by atoms with Gasteiger partial charge in [0.1, 0.15) is 11.6 Å². The summed E-state index contributed by atoms with van der Waals surface area (Å²) in [5.41, 5.74) is 1.04. The molecule has 0 radical (unpaired) electrons. The lowest BCUT2D eigenvalue weighted by Gasteiger charge is -2.18. The second-order valence-corrected chi connectivity index (χ2v) is 5.29. The van der Waals surface area contributed by atoms with Crippen molar-refractivity contribution < 1.29 is 4.74 Å². The first-order valence-corrected chi connectivity index (χ1v) is 7.00. The molecule has 0 bridgehead atoms. The van der Waals surface area contributed by atoms with Crippen molar-refractivity contribution in [1.82, 2.24) is 14.5 Å². The van der Waals surface area contributed by atoms with Gasteiger partial charge in [0.25, 0.3) is 0 Å². The molecule has 0 spiro atoms. The van der Waals surface area contributed by atoms with Gasteiger partial charge in [0.05, 0.1) is 24.5 Å². The molecule has 3 rings (SSSR count). The van der Waals surface area contributed by atoms with Crippen LogP contribution in [0.4, 0.5) is 5.69 Å². The fourth-order valence-electron chi connectivity index (χ4n) is 2.42. The van der Waals surface area contributed by atoms with Crippen LogP contribution in [0.5, 0.6) is 0 Å². The maximum atomic E-state index is 5.28. The van der Waals surface area contributed by atoms with E-state index in [4.69, 9.17) is 4.74 Å². The minimum Gasteiger partial charge on any atom is -0.383 e. The Morgan fingerprint density at radius 2 is 2.25 bits per heavy atom. The predicted molar refractivity (Wildman–Crippen MR) is 78.1 cm³/mol. The molecule has 1 unspecified atom stereocenters. The van der Waals surface area contributed by atoms with Gasteiger partial charge >= 0.3 is 0 Å². The summed E-state index contributed by atoms with van der Waals surface area (Å²) >= 11 is 0. The highest BCUT2D eigenvalue weighted by molar-refractivity contribution is 5.45. The monoisotopic (exact) mass is 272 g/mol. The molecule has 2 aromatic rings. The average molecular weight is 272 g/mol. The molecule has 2 aromatic heterocycles. The van der Waals surface area contributed by atoms with Gasteiger partial charge in [0.2, 0.25) is 0 Å². The van der Waals surface area contributed by atoms with E-state index in [2.05, 4.69) is 21.4 Å². The van der Waals surface area contributed by atoms with E-state index in [-0.39, 0.29) is 0 Å². The second kappa shape index (κ2) is 5.63. The van der Waals surface area contributed by atoms with E-state index in [9.17, 15) is 0 Å². The molecule has 1 N–H and O–H groups in total. The first-order valence-electron chi connectivity index (χ1n) is 7.00. The molecule has 1 fully saturated rings. The molecule has 0 aliphatic heterocycles. The lowest BCUT2D eigenvalue weighted by molar-refractivity contribution is 0.179. The summed E-state index contributed by atoms with van der Waals surface area (Å²) in [7, 11) is 1.75. The molecule has 1 aliphatic carbocycles. The van der Waals surface area contributed by atoms with Crippen LogP contribution in [0.2, 0.25) is 0 Å². The first kappa shape index (κ1) is 13.1. The number of ether oxygens (including phenoxy) is 1. The van der Waals surface area contributed by atoms with E-state index in [1.165, 1.54) is 12.8 Å². The van der Waals surface area contributed by atoms with E-state index in [1.807, 2.05) is 30.0 Å². The lowest BCUT2D eigenvalue weighted by atomic mass is 10.2. The van der Waals surface area contributed by atoms with E-state index >= 15 is 0 Å². The number of aryl methyl sites for hydroxylation is 1. The van der Waals surface area contributed by atoms with Crippen LogP contribution < -0.4 is 5.32 Å². The highest BCUT2D eigenvalue weighted by Crippen LogP contribution is 2.34. The molecule has 5 nitrogen and oxygen atoms in total. The minimum atomic E-state index is 0.391. The summed E-state index contributed by atoms with van der Waals surface area (Å²) in [6, 6.07) is 4.46. The Hall–Kier alpha value is -1.88. The standard InChI is InChI=1S/C15H20N4O/c1-11-16-7-8-19(11)15-6-5-13(9-17-15)18-14(10-20-2)12-3-4-12/h5-9,12,14,18H,3-4,10H2,1-2H3. The van der Waals surface area contributed by atoms with Crippen LogP contribution in [-0.2, 0) is 4.74 Å². The van der Waals surface area contributed by atoms with Crippen LogP contribution >= 0.6 is 0 Å². The van der Waals surface area contributed by atoms with Gasteiger partial charge in [-0.05, 0) is 37.8 Å². The van der Waals surface area contributed by atoms with E-state index in [1.54, 1.807) is 13.3 Å². The second-order valence-electron chi connectivity index (χ2n) is 5.29. The number of pyridine rings is 1. The number of hydrogen-bond donors (Lipinski definition) is 1. The van der Waals surface area contributed by atoms with Crippen molar-refractivity contribution in [2.45, 2.75) is 25.8 Å². The molecule has 1 aliphatic rings. The molecule has 1 atom stereocenters. The Kier molecular flexibility index (Phi) is 3.69. The van der Waals surface area contributed by atoms with E-state index in [0.717, 1.165) is 29.9 Å². The maximum Gasteiger partial charge on any atom is 0.138 e. The summed E-state index contributed by atoms with van der Waals surface area (Å²) in [4.78, 5) is 8.70. The van der Waals surface area contributed by atoms with Gasteiger partial charge in [-0.15, -0.1) is 0 Å². The Morgan fingerprint density at radius 3 is 2.80 bits per heavy atom. The lowest BCUT2D eigenvalue weighted by Crippen LogP contribution is -2.27. The van der Waals surface area contributed by atoms with Gasteiger partial charge in [-0.2, -0.15) is 0 Å². The summed E-state index contributed by atoms with van der Waals surface area (Å²) < 4.78 is 7.25. The van der Waals surface area contributed by atoms with Gasteiger partial charge in [0.15, 0.2) is 0 Å². The maximum absolute atomic E-state index is 5.28. The average Bonchev–Trinajstić information content (AvgIpc) is 3.22. The van der Waals surface area contributed by atoms with Gasteiger partial charge < -0.3 is 10.1 Å². The molecule has 5 heteroatoms. The zero-order chi connectivity index (χ0) is 13.9. The highest BCUT2D eigenvalue weighted by atomic mass is 16.5. The summed E-state index contributed by atoms with van der Waals surface area (Å²) in [5, 5.41) is 3.52. The molecule has 0 saturated heterocycles. The van der Waals surface area contributed by atoms with Gasteiger partial charge in [-0.25, -0.2) is 9.97 Å². The van der Waals surface area contributed by atoms with Crippen molar-refractivity contribution in [3.8, 4) is 5.82 Å². The number of anilines is 1. The zero-order valence-electron chi connectivity index (χ0n) is 11.9. The normalized spacial score (nSPS) is 16.1. The number of rotatable bonds is 6. The smallest absolute Gasteiger partial charge is 0.138 e. The van der Waals surface area contributed by atoms with Crippen LogP contribution in [0.1, 0.15) is 18.7 Å². The molecule has 0 aromatic carbocycles. The zero-order valence-corrected chi connectivity index (χ0v) is 11.9. The number of hydrogen-bond acceptors (Lipinski definition) is 4. The number of methoxy groups -OCH3 is 1. The number of nitrogens with zero attached hydrogens (tertiary/aromatic N) is 3. The van der Waals surface area contributed by atoms with Crippen molar-refractivity contribution >= 4 is 5.69 Å². The Balaban J connectivity index is 1.71. The van der Waals surface area contributed by atoms with Crippen LogP contribution in [0.25, 0.3) is 5.82 Å². The first-order chi connectivity index (χ1) is 9.78. The molecule has 0 amide bonds. The third-order valence-corrected chi connectivity index (χ3v) is 3.71. The fraction of sp³-hybridized carbons (Fsp3) is 0.467. The van der Waals surface area contributed by atoms with E-state index in [0.29, 0.717) is 6.04 Å². The van der Waals surface area contributed by atoms with Gasteiger partial charge in [-0.1, -0.05) is 0 Å². The summed E-state index contributed by atoms with van der Waals surface area (Å²) in [6.07, 6.45) is 8.16. The van der Waals surface area contributed by atoms with Crippen LogP contribution in [-0.4, -0.2) is 34.3 Å². The molecular weight excluding hydrogens is 252 g/mol. The van der Waals surface area contributed by atoms with Gasteiger partial charge in [-0.3, -0.25) is 4.57 Å². The molecule has 20 heavy (non-hydrogen) atoms. The number of imidazole rings is 1. The predicted octanol–water partition coefficient (Wildman–Crippen LogP) is 2.41. The highest BCUT2D eigenvalue weighted by Gasteiger charge is 2.31. The van der Waals surface area contributed by atoms with Crippen LogP contribution in [0.3, 0.4) is 0 Å². The molecule has 106 valence electrons. The number of aromatic nitrogens is 3. The third-order valence-electron chi connectivity index (χ3n) is 3.71. The summed E-state index contributed by atoms with van der Waals surface area (Å²) in [5.74, 6) is 2.57. The number of nitrogens with one attached hydrogen (secondary N) is 1. The largest absolute Gasteiger partial charge is 0.383 e.